The maximum Gasteiger partial charge on any atom is 0.349 e. The molecule has 3 aromatic rings. The van der Waals surface area contributed by atoms with Crippen LogP contribution >= 0.6 is 11.8 Å². The highest BCUT2D eigenvalue weighted by Gasteiger charge is 2.59. The van der Waals surface area contributed by atoms with Gasteiger partial charge in [-0.1, -0.05) is 65.9 Å². The molecule has 1 aliphatic heterocycles. The van der Waals surface area contributed by atoms with Gasteiger partial charge in [-0.25, -0.2) is 4.79 Å². The van der Waals surface area contributed by atoms with E-state index in [4.69, 9.17) is 28.4 Å². The van der Waals surface area contributed by atoms with E-state index >= 15 is 0 Å². The molecule has 0 saturated carbocycles. The lowest BCUT2D eigenvalue weighted by atomic mass is 9.89. The number of rotatable bonds is 16. The Bertz CT molecular complexity index is 1970. The summed E-state index contributed by atoms with van der Waals surface area (Å²) in [6, 6.07) is 19.3. The van der Waals surface area contributed by atoms with E-state index in [0.29, 0.717) is 10.5 Å². The summed E-state index contributed by atoms with van der Waals surface area (Å²) in [6.07, 6.45) is -6.78. The second-order valence-corrected chi connectivity index (χ2v) is 14.8. The number of aromatic hydroxyl groups is 1. The first-order valence-corrected chi connectivity index (χ1v) is 18.9. The Morgan fingerprint density at radius 2 is 1.52 bits per heavy atom. The van der Waals surface area contributed by atoms with Crippen LogP contribution in [0.2, 0.25) is 0 Å². The number of benzene rings is 3. The summed E-state index contributed by atoms with van der Waals surface area (Å²) < 4.78 is 33.7. The highest BCUT2D eigenvalue weighted by Crippen LogP contribution is 2.46. The summed E-state index contributed by atoms with van der Waals surface area (Å²) in [7, 11) is 1.12. The summed E-state index contributed by atoms with van der Waals surface area (Å²) in [5, 5.41) is 15.2. The Balaban J connectivity index is 1.73. The summed E-state index contributed by atoms with van der Waals surface area (Å²) >= 11 is 0.904. The van der Waals surface area contributed by atoms with E-state index in [0.717, 1.165) is 63.3 Å². The molecule has 4 rings (SSSR count). The normalized spacial score (nSPS) is 19.7. The highest BCUT2D eigenvalue weighted by molar-refractivity contribution is 8.01. The van der Waals surface area contributed by atoms with Crippen LogP contribution in [0.5, 0.6) is 5.75 Å². The van der Waals surface area contributed by atoms with Gasteiger partial charge in [0.05, 0.1) is 26.1 Å². The van der Waals surface area contributed by atoms with Gasteiger partial charge >= 0.3 is 29.8 Å². The first kappa shape index (κ1) is 44.8. The van der Waals surface area contributed by atoms with E-state index in [1.54, 1.807) is 66.7 Å². The fourth-order valence-corrected chi connectivity index (χ4v) is 7.48. The Morgan fingerprint density at radius 1 is 0.845 bits per heavy atom. The minimum Gasteiger partial charge on any atom is -0.508 e. The molecule has 0 unspecified atom stereocenters. The van der Waals surface area contributed by atoms with Crippen molar-refractivity contribution in [2.45, 2.75) is 87.7 Å². The molecule has 1 aliphatic rings. The van der Waals surface area contributed by atoms with Crippen molar-refractivity contribution in [3.63, 3.8) is 0 Å². The topological polar surface area (TPSA) is 219 Å². The summed E-state index contributed by atoms with van der Waals surface area (Å²) in [5.41, 5.74) is 3.11. The number of hydrogen-bond acceptors (Lipinski definition) is 15. The van der Waals surface area contributed by atoms with E-state index < -0.39 is 96.6 Å². The van der Waals surface area contributed by atoms with Gasteiger partial charge in [-0.05, 0) is 47.9 Å². The Hall–Kier alpha value is -5.94. The van der Waals surface area contributed by atoms with Crippen LogP contribution in [0.25, 0.3) is 11.1 Å². The number of thioether (sulfide) groups is 1. The third-order valence-corrected chi connectivity index (χ3v) is 9.98. The lowest BCUT2D eigenvalue weighted by Gasteiger charge is -2.48. The summed E-state index contributed by atoms with van der Waals surface area (Å²) in [4.78, 5) is 88.4. The average molecular weight is 823 g/mol. The quantitative estimate of drug-likeness (QED) is 0.139. The SMILES string of the molecule is COC(=O)[C@@]1(Sc2ccc(C)cc2)C[C@H](OC(C)=O)[C@@H](NC(=O)COC(C)=O)[C@H]([C@H](OC(C)=O)[C@@H](CNC(=O)Cc2ccc(-c3cccc(O)c3)cc2)OC(C)=O)O1. The largest absolute Gasteiger partial charge is 0.508 e. The van der Waals surface area contributed by atoms with E-state index in [1.165, 1.54) is 0 Å². The highest BCUT2D eigenvalue weighted by atomic mass is 32.2. The van der Waals surface area contributed by atoms with Gasteiger partial charge in [0.1, 0.15) is 18.0 Å². The number of amides is 2. The first-order chi connectivity index (χ1) is 27.5. The zero-order valence-corrected chi connectivity index (χ0v) is 33.6. The molecule has 0 aliphatic carbocycles. The standard InChI is InChI=1S/C41H46N2O14S/c1-23-10-16-32(17-11-23)58-41(40(51)52-6)20-33(54-25(3)45)37(43-36(50)22-53-24(2)44)39(57-41)38(56-27(5)47)34(55-26(4)46)21-42-35(49)18-28-12-14-29(15-13-28)30-8-7-9-31(48)19-30/h7-17,19,33-34,37-39,48H,18,20-22H2,1-6H3,(H,42,49)(H,43,50)/t33-,34+,37+,38+,39+,41-/m0/s1. The number of methoxy groups -OCH3 is 1. The fourth-order valence-electron chi connectivity index (χ4n) is 6.25. The molecule has 0 aromatic heterocycles. The molecular weight excluding hydrogens is 777 g/mol. The molecule has 6 atom stereocenters. The van der Waals surface area contributed by atoms with Crippen LogP contribution < -0.4 is 10.6 Å². The predicted molar refractivity (Wildman–Crippen MR) is 207 cm³/mol. The molecule has 17 heteroatoms. The van der Waals surface area contributed by atoms with Crippen LogP contribution in [0, 0.1) is 6.92 Å². The molecular formula is C41H46N2O14S. The molecule has 1 saturated heterocycles. The van der Waals surface area contributed by atoms with Crippen molar-refractivity contribution in [2.75, 3.05) is 20.3 Å². The molecule has 1 fully saturated rings. The number of aryl methyl sites for hydroxylation is 1. The molecule has 16 nitrogen and oxygen atoms in total. The van der Waals surface area contributed by atoms with Crippen molar-refractivity contribution in [1.82, 2.24) is 10.6 Å². The Labute approximate surface area is 339 Å². The molecule has 58 heavy (non-hydrogen) atoms. The molecule has 0 spiro atoms. The van der Waals surface area contributed by atoms with Crippen LogP contribution in [0.4, 0.5) is 0 Å². The number of phenolic OH excluding ortho intramolecular Hbond substituents is 1. The summed E-state index contributed by atoms with van der Waals surface area (Å²) in [6.45, 7) is 4.99. The van der Waals surface area contributed by atoms with E-state index in [9.17, 15) is 38.7 Å². The Morgan fingerprint density at radius 3 is 2.10 bits per heavy atom. The zero-order valence-electron chi connectivity index (χ0n) is 32.8. The van der Waals surface area contributed by atoms with Crippen molar-refractivity contribution < 1.29 is 67.1 Å². The fraction of sp³-hybridized carbons (Fsp3) is 0.390. The van der Waals surface area contributed by atoms with Crippen molar-refractivity contribution in [3.8, 4) is 16.9 Å². The van der Waals surface area contributed by atoms with E-state index in [1.807, 2.05) is 13.0 Å². The predicted octanol–water partition coefficient (Wildman–Crippen LogP) is 3.32. The van der Waals surface area contributed by atoms with Gasteiger partial charge in [-0.15, -0.1) is 0 Å². The van der Waals surface area contributed by atoms with Gasteiger partial charge in [0.2, 0.25) is 10.8 Å². The van der Waals surface area contributed by atoms with Gasteiger partial charge in [0, 0.05) is 39.0 Å². The van der Waals surface area contributed by atoms with Crippen molar-refractivity contribution >= 4 is 53.4 Å². The van der Waals surface area contributed by atoms with Gasteiger partial charge in [-0.3, -0.25) is 28.8 Å². The maximum atomic E-state index is 13.8. The maximum absolute atomic E-state index is 13.8. The van der Waals surface area contributed by atoms with Crippen molar-refractivity contribution in [2.24, 2.45) is 0 Å². The van der Waals surface area contributed by atoms with Gasteiger partial charge in [-0.2, -0.15) is 0 Å². The average Bonchev–Trinajstić information content (AvgIpc) is 3.16. The molecule has 310 valence electrons. The third kappa shape index (κ3) is 12.8. The lowest BCUT2D eigenvalue weighted by molar-refractivity contribution is -0.221. The van der Waals surface area contributed by atoms with Crippen molar-refractivity contribution in [1.29, 1.82) is 0 Å². The minimum absolute atomic E-state index is 0.104. The van der Waals surface area contributed by atoms with Crippen LogP contribution in [0.3, 0.4) is 0 Å². The lowest BCUT2D eigenvalue weighted by Crippen LogP contribution is -2.68. The first-order valence-electron chi connectivity index (χ1n) is 18.1. The Kier molecular flexibility index (Phi) is 15.8. The van der Waals surface area contributed by atoms with E-state index in [-0.39, 0.29) is 12.2 Å². The number of carbonyl (C=O) groups excluding carboxylic acids is 7. The van der Waals surface area contributed by atoms with Crippen LogP contribution in [0.15, 0.2) is 77.7 Å². The molecule has 3 N–H and O–H groups in total. The number of phenols is 1. The van der Waals surface area contributed by atoms with Gasteiger partial charge in [0.15, 0.2) is 18.8 Å². The smallest absolute Gasteiger partial charge is 0.349 e. The van der Waals surface area contributed by atoms with Crippen LogP contribution in [0.1, 0.15) is 45.2 Å². The van der Waals surface area contributed by atoms with Gasteiger partial charge < -0.3 is 44.2 Å². The summed E-state index contributed by atoms with van der Waals surface area (Å²) in [5.74, 6) is -5.56. The number of carbonyl (C=O) groups is 7. The monoisotopic (exact) mass is 822 g/mol. The third-order valence-electron chi connectivity index (χ3n) is 8.71. The molecule has 3 aromatic carbocycles. The van der Waals surface area contributed by atoms with Crippen molar-refractivity contribution in [3.05, 3.63) is 83.9 Å². The number of hydrogen-bond donors (Lipinski definition) is 3. The second kappa shape index (κ2) is 20.5. The number of ether oxygens (including phenoxy) is 6. The number of nitrogens with one attached hydrogen (secondary N) is 2. The van der Waals surface area contributed by atoms with Gasteiger partial charge in [0.25, 0.3) is 5.91 Å². The van der Waals surface area contributed by atoms with Crippen LogP contribution in [-0.2, 0) is 68.4 Å². The molecule has 0 radical (unpaired) electrons. The van der Waals surface area contributed by atoms with E-state index in [2.05, 4.69) is 10.6 Å². The number of esters is 5. The molecule has 0 bridgehead atoms. The minimum atomic E-state index is -2.03. The molecule has 1 heterocycles. The van der Waals surface area contributed by atoms with Crippen LogP contribution in [-0.4, -0.2) is 102 Å². The second-order valence-electron chi connectivity index (χ2n) is 13.4. The zero-order chi connectivity index (χ0) is 42.6. The molecule has 2 amide bonds.